The Morgan fingerprint density at radius 1 is 1.00 bits per heavy atom. The molecule has 1 radical (unpaired) electrons. The van der Waals surface area contributed by atoms with E-state index in [1.54, 1.807) is 23.1 Å². The molecular formula is C30H34N2NaO6S4. The normalized spacial score (nSPS) is 18.6. The van der Waals surface area contributed by atoms with Gasteiger partial charge in [-0.1, -0.05) is 67.3 Å². The van der Waals surface area contributed by atoms with Gasteiger partial charge in [-0.3, -0.25) is 4.55 Å². The van der Waals surface area contributed by atoms with E-state index in [0.717, 1.165) is 54.8 Å². The van der Waals surface area contributed by atoms with Crippen LogP contribution in [-0.4, -0.2) is 73.5 Å². The molecule has 43 heavy (non-hydrogen) atoms. The van der Waals surface area contributed by atoms with Crippen LogP contribution in [0, 0.1) is 5.41 Å². The van der Waals surface area contributed by atoms with Gasteiger partial charge in [0.1, 0.15) is 4.70 Å². The summed E-state index contributed by atoms with van der Waals surface area (Å²) < 4.78 is 68.9. The molecule has 0 spiro atoms. The summed E-state index contributed by atoms with van der Waals surface area (Å²) in [5.41, 5.74) is 4.37. The monoisotopic (exact) mass is 669 g/mol. The summed E-state index contributed by atoms with van der Waals surface area (Å²) in [7, 11) is -8.32. The van der Waals surface area contributed by atoms with Crippen LogP contribution >= 0.6 is 23.1 Å². The van der Waals surface area contributed by atoms with Crippen LogP contribution in [0.3, 0.4) is 0 Å². The fourth-order valence-corrected chi connectivity index (χ4v) is 8.90. The molecule has 5 rings (SSSR count). The first-order chi connectivity index (χ1) is 19.8. The molecule has 13 heteroatoms. The second-order valence-electron chi connectivity index (χ2n) is 11.5. The van der Waals surface area contributed by atoms with Crippen molar-refractivity contribution in [3.05, 3.63) is 81.9 Å². The number of thiazole rings is 1. The minimum Gasteiger partial charge on any atom is -0.748 e. The second kappa shape index (κ2) is 13.9. The smallest absolute Gasteiger partial charge is 0.264 e. The first kappa shape index (κ1) is 34.4. The van der Waals surface area contributed by atoms with Crippen LogP contribution in [0.5, 0.6) is 0 Å². The Morgan fingerprint density at radius 3 is 2.47 bits per heavy atom. The third-order valence-electron chi connectivity index (χ3n) is 7.19. The predicted octanol–water partition coefficient (Wildman–Crippen LogP) is 5.60. The molecule has 225 valence electrons. The number of benzene rings is 2. The van der Waals surface area contributed by atoms with E-state index in [9.17, 15) is 25.9 Å². The summed E-state index contributed by atoms with van der Waals surface area (Å²) in [5, 5.41) is 2.02. The van der Waals surface area contributed by atoms with Crippen LogP contribution in [-0.2, 0) is 26.8 Å². The van der Waals surface area contributed by atoms with Gasteiger partial charge in [0.15, 0.2) is 6.54 Å². The maximum absolute atomic E-state index is 11.4. The van der Waals surface area contributed by atoms with Crippen molar-refractivity contribution in [2.24, 2.45) is 5.41 Å². The summed E-state index contributed by atoms with van der Waals surface area (Å²) >= 11 is 3.30. The molecular weight excluding hydrogens is 636 g/mol. The Labute approximate surface area is 284 Å². The van der Waals surface area contributed by atoms with Crippen molar-refractivity contribution < 1.29 is 30.5 Å². The zero-order valence-electron chi connectivity index (χ0n) is 24.5. The van der Waals surface area contributed by atoms with E-state index in [1.807, 2.05) is 42.5 Å². The maximum atomic E-state index is 11.4. The van der Waals surface area contributed by atoms with E-state index in [4.69, 9.17) is 0 Å². The van der Waals surface area contributed by atoms with Gasteiger partial charge in [-0.15, -0.1) is 0 Å². The first-order valence-electron chi connectivity index (χ1n) is 13.7. The van der Waals surface area contributed by atoms with Gasteiger partial charge >= 0.3 is 0 Å². The Bertz CT molecular complexity index is 1810. The molecule has 0 saturated heterocycles. The van der Waals surface area contributed by atoms with Crippen molar-refractivity contribution in [1.82, 2.24) is 0 Å². The topological polar surface area (TPSA) is 119 Å². The van der Waals surface area contributed by atoms with Crippen molar-refractivity contribution >= 4 is 94.9 Å². The van der Waals surface area contributed by atoms with E-state index in [-0.39, 0.29) is 47.1 Å². The van der Waals surface area contributed by atoms with E-state index in [0.29, 0.717) is 19.5 Å². The molecule has 8 nitrogen and oxygen atoms in total. The molecule has 0 fully saturated rings. The standard InChI is InChI=1S/C30H34N2O6S4.Na/c1-30(2)20-22(18-28-31(13-7-15-41(33,34)35)24-9-3-5-11-26(24)39-28)17-23(21-30)19-29-32(14-8-16-42(36,37)38)25-10-4-6-12-27(25)40-29;/h3-6,9-12,17-19H,7-8,13-16,20-21H2,1-2H3,(H-,33,34,35,36,37,38);. The number of thioether (sulfide) groups is 1. The molecule has 2 heterocycles. The molecule has 3 aromatic rings. The SMILES string of the molecule is CC1(C)CC(C=C2Sc3ccccc3N2CCCS(=O)(=O)O)=CC(=Cc2sc3ccccc3[n+]2CCCS(=O)(=O)[O-])C1.[Na]. The number of hydrogen-bond donors (Lipinski definition) is 1. The summed E-state index contributed by atoms with van der Waals surface area (Å²) in [6.07, 6.45) is 8.87. The van der Waals surface area contributed by atoms with Crippen molar-refractivity contribution in [1.29, 1.82) is 0 Å². The Kier molecular flexibility index (Phi) is 11.1. The predicted molar refractivity (Wildman–Crippen MR) is 175 cm³/mol. The van der Waals surface area contributed by atoms with Gasteiger partial charge in [0.05, 0.1) is 26.6 Å². The number of aryl methyl sites for hydroxylation is 1. The Hall–Kier alpha value is -1.48. The largest absolute Gasteiger partial charge is 0.748 e. The van der Waals surface area contributed by atoms with E-state index >= 15 is 0 Å². The summed E-state index contributed by atoms with van der Waals surface area (Å²) in [6.45, 7) is 5.38. The number of hydrogen-bond acceptors (Lipinski definition) is 8. The van der Waals surface area contributed by atoms with E-state index in [2.05, 4.69) is 47.6 Å². The van der Waals surface area contributed by atoms with Gasteiger partial charge < -0.3 is 9.45 Å². The van der Waals surface area contributed by atoms with Crippen LogP contribution in [0.15, 0.2) is 81.8 Å². The quantitative estimate of drug-likeness (QED) is 0.168. The van der Waals surface area contributed by atoms with Crippen molar-refractivity contribution in [3.8, 4) is 0 Å². The molecule has 0 atom stereocenters. The average Bonchev–Trinajstić information content (AvgIpc) is 3.39. The van der Waals surface area contributed by atoms with Crippen LogP contribution in [0.2, 0.25) is 0 Å². The van der Waals surface area contributed by atoms with Gasteiger partial charge in [-0.05, 0) is 60.1 Å². The van der Waals surface area contributed by atoms with E-state index in [1.165, 1.54) is 0 Å². The van der Waals surface area contributed by atoms with Crippen molar-refractivity contribution in [2.45, 2.75) is 51.0 Å². The molecule has 1 aliphatic heterocycles. The molecule has 0 saturated carbocycles. The number of allylic oxidation sites excluding steroid dienone is 4. The van der Waals surface area contributed by atoms with Gasteiger partial charge in [-0.25, -0.2) is 8.42 Å². The average molecular weight is 670 g/mol. The zero-order valence-corrected chi connectivity index (χ0v) is 29.8. The summed E-state index contributed by atoms with van der Waals surface area (Å²) in [4.78, 5) is 3.23. The van der Waals surface area contributed by atoms with Crippen LogP contribution in [0.4, 0.5) is 5.69 Å². The third-order valence-corrected chi connectivity index (χ3v) is 11.0. The van der Waals surface area contributed by atoms with Gasteiger partial charge in [0.25, 0.3) is 15.1 Å². The molecule has 1 aromatic heterocycles. The van der Waals surface area contributed by atoms with Gasteiger partial charge in [0.2, 0.25) is 5.52 Å². The van der Waals surface area contributed by atoms with Crippen LogP contribution in [0.1, 0.15) is 44.5 Å². The number of nitrogens with zero attached hydrogens (tertiary/aromatic N) is 2. The van der Waals surface area contributed by atoms with Crippen molar-refractivity contribution in [2.75, 3.05) is 23.0 Å². The fraction of sp³-hybridized carbons (Fsp3) is 0.367. The first-order valence-corrected chi connectivity index (χ1v) is 18.6. The van der Waals surface area contributed by atoms with Crippen LogP contribution in [0.25, 0.3) is 16.3 Å². The van der Waals surface area contributed by atoms with Crippen molar-refractivity contribution in [3.63, 3.8) is 0 Å². The van der Waals surface area contributed by atoms with E-state index < -0.39 is 26.0 Å². The van der Waals surface area contributed by atoms with Gasteiger partial charge in [0, 0.05) is 65.3 Å². The Morgan fingerprint density at radius 2 is 1.72 bits per heavy atom. The fourth-order valence-electron chi connectivity index (χ4n) is 5.60. The number of aromatic nitrogens is 1. The molecule has 0 bridgehead atoms. The van der Waals surface area contributed by atoms with Crippen LogP contribution < -0.4 is 9.47 Å². The molecule has 2 aliphatic rings. The molecule has 1 aliphatic carbocycles. The number of fused-ring (bicyclic) bond motifs is 2. The summed E-state index contributed by atoms with van der Waals surface area (Å²) in [6, 6.07) is 16.0. The molecule has 1 N–H and O–H groups in total. The zero-order chi connectivity index (χ0) is 30.1. The molecule has 0 unspecified atom stereocenters. The Balaban J connectivity index is 0.00000423. The minimum absolute atomic E-state index is 0. The maximum Gasteiger partial charge on any atom is 0.264 e. The minimum atomic E-state index is -4.28. The van der Waals surface area contributed by atoms with Gasteiger partial charge in [-0.2, -0.15) is 13.0 Å². The molecule has 0 amide bonds. The second-order valence-corrected chi connectivity index (χ2v) is 16.7. The number of rotatable bonds is 10. The summed E-state index contributed by atoms with van der Waals surface area (Å²) in [5.74, 6) is -0.687. The third kappa shape index (κ3) is 9.27. The number of anilines is 1. The molecule has 2 aromatic carbocycles. The number of para-hydroxylation sites is 2.